The molecule has 0 aromatic heterocycles. The van der Waals surface area contributed by atoms with Crippen LogP contribution in [0.25, 0.3) is 0 Å². The Kier molecular flexibility index (Phi) is 4.56. The average Bonchev–Trinajstić information content (AvgIpc) is 2.24. The van der Waals surface area contributed by atoms with Crippen molar-refractivity contribution in [1.29, 1.82) is 0 Å². The molecule has 0 heterocycles. The molecule has 0 fully saturated rings. The highest BCUT2D eigenvalue weighted by atomic mass is 16.5. The maximum Gasteiger partial charge on any atom is 0.120 e. The van der Waals surface area contributed by atoms with Crippen LogP contribution >= 0.6 is 0 Å². The van der Waals surface area contributed by atoms with Crippen molar-refractivity contribution in [1.82, 2.24) is 0 Å². The van der Waals surface area contributed by atoms with Crippen molar-refractivity contribution >= 4 is 0 Å². The van der Waals surface area contributed by atoms with Gasteiger partial charge in [0.15, 0.2) is 0 Å². The molecule has 0 bridgehead atoms. The minimum absolute atomic E-state index is 0.159. The summed E-state index contributed by atoms with van der Waals surface area (Å²) in [6.07, 6.45) is 3.83. The van der Waals surface area contributed by atoms with Crippen LogP contribution in [0, 0.1) is 0 Å². The zero-order valence-corrected chi connectivity index (χ0v) is 10.4. The number of hydrogen-bond acceptors (Lipinski definition) is 2. The number of nitrogens with two attached hydrogens (primary N) is 1. The summed E-state index contributed by atoms with van der Waals surface area (Å²) in [5, 5.41) is 0. The van der Waals surface area contributed by atoms with Crippen LogP contribution in [0.4, 0.5) is 0 Å². The Morgan fingerprint density at radius 3 is 2.62 bits per heavy atom. The highest BCUT2D eigenvalue weighted by Gasteiger charge is 2.13. The lowest BCUT2D eigenvalue weighted by molar-refractivity contribution is 0.361. The molecule has 2 nitrogen and oxygen atoms in total. The maximum atomic E-state index is 5.60. The first kappa shape index (κ1) is 12.8. The third kappa shape index (κ3) is 4.07. The van der Waals surface area contributed by atoms with Gasteiger partial charge in [0.1, 0.15) is 12.4 Å². The monoisotopic (exact) mass is 219 g/mol. The van der Waals surface area contributed by atoms with Crippen molar-refractivity contribution in [2.75, 3.05) is 13.2 Å². The molecule has 0 atom stereocenters. The summed E-state index contributed by atoms with van der Waals surface area (Å²) < 4.78 is 5.60. The largest absolute Gasteiger partial charge is 0.490 e. The number of ether oxygens (including phenoxy) is 1. The molecule has 1 aromatic rings. The second kappa shape index (κ2) is 5.71. The smallest absolute Gasteiger partial charge is 0.120 e. The van der Waals surface area contributed by atoms with Crippen LogP contribution in [0.2, 0.25) is 0 Å². The quantitative estimate of drug-likeness (QED) is 0.790. The van der Waals surface area contributed by atoms with E-state index in [2.05, 4.69) is 32.9 Å². The molecule has 0 saturated heterocycles. The van der Waals surface area contributed by atoms with E-state index in [9.17, 15) is 0 Å². The van der Waals surface area contributed by atoms with Crippen LogP contribution in [0.3, 0.4) is 0 Å². The highest BCUT2D eigenvalue weighted by molar-refractivity contribution is 5.32. The van der Waals surface area contributed by atoms with E-state index in [0.29, 0.717) is 13.2 Å². The normalized spacial score (nSPS) is 12.0. The van der Waals surface area contributed by atoms with E-state index in [0.717, 1.165) is 5.75 Å². The first-order valence-electron chi connectivity index (χ1n) is 5.62. The fourth-order valence-electron chi connectivity index (χ4n) is 1.36. The fourth-order valence-corrected chi connectivity index (χ4v) is 1.36. The molecule has 16 heavy (non-hydrogen) atoms. The zero-order chi connectivity index (χ0) is 12.0. The number of hydrogen-bond donors (Lipinski definition) is 1. The lowest BCUT2D eigenvalue weighted by atomic mass is 9.87. The Morgan fingerprint density at radius 1 is 1.25 bits per heavy atom. The molecule has 0 unspecified atom stereocenters. The molecule has 0 aliphatic heterocycles. The average molecular weight is 219 g/mol. The van der Waals surface area contributed by atoms with Gasteiger partial charge in [0.2, 0.25) is 0 Å². The second-order valence-corrected chi connectivity index (χ2v) is 4.80. The molecular weight excluding hydrogens is 198 g/mol. The van der Waals surface area contributed by atoms with E-state index in [4.69, 9.17) is 10.5 Å². The first-order chi connectivity index (χ1) is 7.54. The highest BCUT2D eigenvalue weighted by Crippen LogP contribution is 2.25. The summed E-state index contributed by atoms with van der Waals surface area (Å²) >= 11 is 0. The third-order valence-electron chi connectivity index (χ3n) is 2.35. The SMILES string of the molecule is CC(C)(C)c1cccc(OCC=CCN)c1. The molecular formula is C14H21NO. The molecule has 2 heteroatoms. The summed E-state index contributed by atoms with van der Waals surface area (Å²) in [5.41, 5.74) is 6.79. The van der Waals surface area contributed by atoms with Crippen molar-refractivity contribution in [3.05, 3.63) is 42.0 Å². The van der Waals surface area contributed by atoms with Crippen molar-refractivity contribution in [3.63, 3.8) is 0 Å². The van der Waals surface area contributed by atoms with Crippen molar-refractivity contribution in [2.45, 2.75) is 26.2 Å². The summed E-state index contributed by atoms with van der Waals surface area (Å²) in [5.74, 6) is 0.911. The Balaban J connectivity index is 2.65. The van der Waals surface area contributed by atoms with E-state index < -0.39 is 0 Å². The van der Waals surface area contributed by atoms with Gasteiger partial charge in [0.05, 0.1) is 0 Å². The van der Waals surface area contributed by atoms with Gasteiger partial charge in [-0.15, -0.1) is 0 Å². The van der Waals surface area contributed by atoms with Crippen LogP contribution in [0.1, 0.15) is 26.3 Å². The van der Waals surface area contributed by atoms with E-state index in [1.165, 1.54) is 5.56 Å². The molecule has 0 aliphatic carbocycles. The van der Waals surface area contributed by atoms with E-state index in [-0.39, 0.29) is 5.41 Å². The second-order valence-electron chi connectivity index (χ2n) is 4.80. The van der Waals surface area contributed by atoms with Gasteiger partial charge in [-0.05, 0) is 23.1 Å². The molecule has 0 amide bonds. The van der Waals surface area contributed by atoms with Gasteiger partial charge in [-0.3, -0.25) is 0 Å². The van der Waals surface area contributed by atoms with Gasteiger partial charge in [-0.25, -0.2) is 0 Å². The predicted octanol–water partition coefficient (Wildman–Crippen LogP) is 2.88. The molecule has 88 valence electrons. The van der Waals surface area contributed by atoms with E-state index in [1.54, 1.807) is 0 Å². The van der Waals surface area contributed by atoms with E-state index >= 15 is 0 Å². The van der Waals surface area contributed by atoms with Crippen LogP contribution in [-0.4, -0.2) is 13.2 Å². The molecule has 2 N–H and O–H groups in total. The molecule has 0 saturated carbocycles. The molecule has 1 rings (SSSR count). The van der Waals surface area contributed by atoms with Crippen LogP contribution in [0.5, 0.6) is 5.75 Å². The Labute approximate surface area is 98.1 Å². The molecule has 0 aliphatic rings. The topological polar surface area (TPSA) is 35.2 Å². The summed E-state index contributed by atoms with van der Waals surface area (Å²) in [7, 11) is 0. The lowest BCUT2D eigenvalue weighted by Crippen LogP contribution is -2.11. The molecule has 0 spiro atoms. The third-order valence-corrected chi connectivity index (χ3v) is 2.35. The summed E-state index contributed by atoms with van der Waals surface area (Å²) in [6, 6.07) is 8.23. The Bertz CT molecular complexity index is 350. The van der Waals surface area contributed by atoms with Gasteiger partial charge >= 0.3 is 0 Å². The van der Waals surface area contributed by atoms with Gasteiger partial charge in [-0.1, -0.05) is 45.1 Å². The van der Waals surface area contributed by atoms with Crippen molar-refractivity contribution in [3.8, 4) is 5.75 Å². The van der Waals surface area contributed by atoms with Gasteiger partial charge in [0, 0.05) is 6.54 Å². The van der Waals surface area contributed by atoms with Crippen molar-refractivity contribution in [2.24, 2.45) is 5.73 Å². The van der Waals surface area contributed by atoms with Crippen molar-refractivity contribution < 1.29 is 4.74 Å². The summed E-state index contributed by atoms with van der Waals surface area (Å²) in [6.45, 7) is 7.72. The van der Waals surface area contributed by atoms with Gasteiger partial charge in [-0.2, -0.15) is 0 Å². The molecule has 1 aromatic carbocycles. The first-order valence-corrected chi connectivity index (χ1v) is 5.62. The minimum Gasteiger partial charge on any atom is -0.490 e. The van der Waals surface area contributed by atoms with Crippen LogP contribution < -0.4 is 10.5 Å². The molecule has 0 radical (unpaired) electrons. The lowest BCUT2D eigenvalue weighted by Gasteiger charge is -2.19. The number of rotatable bonds is 4. The van der Waals surface area contributed by atoms with Gasteiger partial charge in [0.25, 0.3) is 0 Å². The predicted molar refractivity (Wildman–Crippen MR) is 68.8 cm³/mol. The van der Waals surface area contributed by atoms with Gasteiger partial charge < -0.3 is 10.5 Å². The minimum atomic E-state index is 0.159. The maximum absolute atomic E-state index is 5.60. The zero-order valence-electron chi connectivity index (χ0n) is 10.4. The van der Waals surface area contributed by atoms with E-state index in [1.807, 2.05) is 24.3 Å². The standard InChI is InChI=1S/C14H21NO/c1-14(2,3)12-7-6-8-13(11-12)16-10-5-4-9-15/h4-8,11H,9-10,15H2,1-3H3. The fraction of sp³-hybridized carbons (Fsp3) is 0.429. The number of benzene rings is 1. The van der Waals surface area contributed by atoms with Crippen LogP contribution in [-0.2, 0) is 5.41 Å². The Hall–Kier alpha value is -1.28. The van der Waals surface area contributed by atoms with Crippen LogP contribution in [0.15, 0.2) is 36.4 Å². The summed E-state index contributed by atoms with van der Waals surface area (Å²) in [4.78, 5) is 0. The Morgan fingerprint density at radius 2 is 2.00 bits per heavy atom.